The van der Waals surface area contributed by atoms with Crippen LogP contribution in [0.1, 0.15) is 18.2 Å². The molecule has 0 aliphatic rings. The van der Waals surface area contributed by atoms with E-state index in [2.05, 4.69) is 25.9 Å². The molecule has 3 rings (SSSR count). The molecule has 0 atom stereocenters. The molecule has 0 saturated heterocycles. The third kappa shape index (κ3) is 5.20. The quantitative estimate of drug-likeness (QED) is 0.574. The van der Waals surface area contributed by atoms with E-state index in [9.17, 15) is 4.79 Å². The van der Waals surface area contributed by atoms with Crippen LogP contribution < -0.4 is 20.7 Å². The summed E-state index contributed by atoms with van der Waals surface area (Å²) < 4.78 is 5.37. The fourth-order valence-electron chi connectivity index (χ4n) is 2.72. The maximum absolute atomic E-state index is 11.1. The Bertz CT molecular complexity index is 957. The number of rotatable bonds is 7. The molecule has 0 aliphatic carbocycles. The standard InChI is InChI=1S/C21H23N5O2/c1-14-12-20(25-18-10-8-17(9-11-18)24-15(2)27)26-21(23-14)22-13-16-6-4-5-7-19(16)28-3/h4-12H,13H2,1-3H3,(H,24,27)(H2,22,23,25,26). The monoisotopic (exact) mass is 377 g/mol. The van der Waals surface area contributed by atoms with Gasteiger partial charge in [-0.2, -0.15) is 4.98 Å². The van der Waals surface area contributed by atoms with Crippen molar-refractivity contribution in [2.75, 3.05) is 23.1 Å². The third-order valence-corrected chi connectivity index (χ3v) is 3.96. The highest BCUT2D eigenvalue weighted by Crippen LogP contribution is 2.21. The SMILES string of the molecule is COc1ccccc1CNc1nc(C)cc(Nc2ccc(NC(C)=O)cc2)n1. The number of aryl methyl sites for hydroxylation is 1. The van der Waals surface area contributed by atoms with E-state index in [-0.39, 0.29) is 5.91 Å². The lowest BCUT2D eigenvalue weighted by Crippen LogP contribution is -2.07. The molecule has 0 aliphatic heterocycles. The van der Waals surface area contributed by atoms with Crippen LogP contribution >= 0.6 is 0 Å². The topological polar surface area (TPSA) is 88.2 Å². The summed E-state index contributed by atoms with van der Waals surface area (Å²) in [7, 11) is 1.65. The number of anilines is 4. The van der Waals surface area contributed by atoms with Gasteiger partial charge < -0.3 is 20.7 Å². The zero-order valence-electron chi connectivity index (χ0n) is 16.1. The molecule has 28 heavy (non-hydrogen) atoms. The summed E-state index contributed by atoms with van der Waals surface area (Å²) in [6.45, 7) is 3.95. The van der Waals surface area contributed by atoms with E-state index >= 15 is 0 Å². The molecular weight excluding hydrogens is 354 g/mol. The van der Waals surface area contributed by atoms with E-state index < -0.39 is 0 Å². The van der Waals surface area contributed by atoms with Gasteiger partial charge >= 0.3 is 0 Å². The molecule has 2 aromatic carbocycles. The van der Waals surface area contributed by atoms with E-state index in [4.69, 9.17) is 4.74 Å². The van der Waals surface area contributed by atoms with Crippen molar-refractivity contribution in [2.45, 2.75) is 20.4 Å². The van der Waals surface area contributed by atoms with Gasteiger partial charge in [-0.1, -0.05) is 18.2 Å². The predicted molar refractivity (Wildman–Crippen MR) is 111 cm³/mol. The lowest BCUT2D eigenvalue weighted by molar-refractivity contribution is -0.114. The molecule has 1 amide bonds. The molecule has 0 unspecified atom stereocenters. The Labute approximate surface area is 164 Å². The van der Waals surface area contributed by atoms with Gasteiger partial charge in [0, 0.05) is 42.2 Å². The number of aromatic nitrogens is 2. The molecule has 0 saturated carbocycles. The van der Waals surface area contributed by atoms with Crippen molar-refractivity contribution in [3.05, 3.63) is 65.9 Å². The Morgan fingerprint density at radius 1 is 1.04 bits per heavy atom. The zero-order chi connectivity index (χ0) is 19.9. The van der Waals surface area contributed by atoms with Gasteiger partial charge in [0.2, 0.25) is 11.9 Å². The van der Waals surface area contributed by atoms with Crippen LogP contribution in [0.5, 0.6) is 5.75 Å². The van der Waals surface area contributed by atoms with Gasteiger partial charge in [-0.05, 0) is 37.3 Å². The second kappa shape index (κ2) is 8.85. The molecule has 1 aromatic heterocycles. The summed E-state index contributed by atoms with van der Waals surface area (Å²) in [5, 5.41) is 9.24. The Kier molecular flexibility index (Phi) is 6.06. The molecule has 7 nitrogen and oxygen atoms in total. The van der Waals surface area contributed by atoms with E-state index in [0.29, 0.717) is 18.3 Å². The van der Waals surface area contributed by atoms with Crippen LogP contribution in [0.3, 0.4) is 0 Å². The maximum Gasteiger partial charge on any atom is 0.225 e. The molecule has 7 heteroatoms. The van der Waals surface area contributed by atoms with Crippen molar-refractivity contribution < 1.29 is 9.53 Å². The summed E-state index contributed by atoms with van der Waals surface area (Å²) in [5.41, 5.74) is 3.48. The minimum absolute atomic E-state index is 0.0992. The second-order valence-electron chi connectivity index (χ2n) is 6.27. The highest BCUT2D eigenvalue weighted by molar-refractivity contribution is 5.88. The fraction of sp³-hybridized carbons (Fsp3) is 0.190. The summed E-state index contributed by atoms with van der Waals surface area (Å²) in [6, 6.07) is 17.1. The van der Waals surface area contributed by atoms with Gasteiger partial charge in [-0.15, -0.1) is 0 Å². The number of hydrogen-bond acceptors (Lipinski definition) is 6. The molecule has 0 radical (unpaired) electrons. The van der Waals surface area contributed by atoms with Crippen molar-refractivity contribution in [1.29, 1.82) is 0 Å². The van der Waals surface area contributed by atoms with Gasteiger partial charge in [0.1, 0.15) is 11.6 Å². The Hall–Kier alpha value is -3.61. The highest BCUT2D eigenvalue weighted by Gasteiger charge is 2.06. The van der Waals surface area contributed by atoms with Gasteiger partial charge in [0.25, 0.3) is 0 Å². The molecule has 3 N–H and O–H groups in total. The number of carbonyl (C=O) groups excluding carboxylic acids is 1. The first-order valence-electron chi connectivity index (χ1n) is 8.89. The number of benzene rings is 2. The average Bonchev–Trinajstić information content (AvgIpc) is 2.67. The number of amides is 1. The van der Waals surface area contributed by atoms with Gasteiger partial charge in [-0.25, -0.2) is 4.98 Å². The molecule has 3 aromatic rings. The van der Waals surface area contributed by atoms with Crippen molar-refractivity contribution in [2.24, 2.45) is 0 Å². The van der Waals surface area contributed by atoms with Crippen molar-refractivity contribution >= 4 is 29.0 Å². The Balaban J connectivity index is 1.70. The number of ether oxygens (including phenoxy) is 1. The van der Waals surface area contributed by atoms with Crippen molar-refractivity contribution in [1.82, 2.24) is 9.97 Å². The van der Waals surface area contributed by atoms with E-state index in [1.54, 1.807) is 7.11 Å². The van der Waals surface area contributed by atoms with Crippen molar-refractivity contribution in [3.8, 4) is 5.75 Å². The van der Waals surface area contributed by atoms with Crippen molar-refractivity contribution in [3.63, 3.8) is 0 Å². The third-order valence-electron chi connectivity index (χ3n) is 3.96. The van der Waals surface area contributed by atoms with E-state index in [0.717, 1.165) is 28.4 Å². The fourth-order valence-corrected chi connectivity index (χ4v) is 2.72. The molecule has 0 fully saturated rings. The lowest BCUT2D eigenvalue weighted by Gasteiger charge is -2.12. The maximum atomic E-state index is 11.1. The molecule has 144 valence electrons. The normalized spacial score (nSPS) is 10.2. The Morgan fingerprint density at radius 2 is 1.75 bits per heavy atom. The zero-order valence-corrected chi connectivity index (χ0v) is 16.1. The summed E-state index contributed by atoms with van der Waals surface area (Å²) in [6.07, 6.45) is 0. The van der Waals surface area contributed by atoms with E-state index in [1.165, 1.54) is 6.92 Å². The Morgan fingerprint density at radius 3 is 2.46 bits per heavy atom. The second-order valence-corrected chi connectivity index (χ2v) is 6.27. The lowest BCUT2D eigenvalue weighted by atomic mass is 10.2. The van der Waals surface area contributed by atoms with E-state index in [1.807, 2.05) is 61.5 Å². The van der Waals surface area contributed by atoms with Crippen LogP contribution in [0.4, 0.5) is 23.1 Å². The number of hydrogen-bond donors (Lipinski definition) is 3. The minimum atomic E-state index is -0.0992. The number of nitrogens with zero attached hydrogens (tertiary/aromatic N) is 2. The van der Waals surface area contributed by atoms with Crippen LogP contribution in [0.25, 0.3) is 0 Å². The minimum Gasteiger partial charge on any atom is -0.496 e. The number of nitrogens with one attached hydrogen (secondary N) is 3. The first-order valence-corrected chi connectivity index (χ1v) is 8.89. The van der Waals surface area contributed by atoms with Crippen LogP contribution in [0, 0.1) is 6.92 Å². The van der Waals surface area contributed by atoms with Crippen LogP contribution in [0.2, 0.25) is 0 Å². The highest BCUT2D eigenvalue weighted by atomic mass is 16.5. The van der Waals surface area contributed by atoms with Gasteiger partial charge in [0.05, 0.1) is 7.11 Å². The first kappa shape index (κ1) is 19.2. The first-order chi connectivity index (χ1) is 13.5. The van der Waals surface area contributed by atoms with Crippen LogP contribution in [0.15, 0.2) is 54.6 Å². The molecule has 0 spiro atoms. The predicted octanol–water partition coefficient (Wildman–Crippen LogP) is 4.11. The number of carbonyl (C=O) groups is 1. The van der Waals surface area contributed by atoms with Gasteiger partial charge in [-0.3, -0.25) is 4.79 Å². The van der Waals surface area contributed by atoms with Crippen LogP contribution in [-0.4, -0.2) is 23.0 Å². The number of para-hydroxylation sites is 1. The average molecular weight is 377 g/mol. The largest absolute Gasteiger partial charge is 0.496 e. The van der Waals surface area contributed by atoms with Gasteiger partial charge in [0.15, 0.2) is 0 Å². The molecule has 0 bridgehead atoms. The number of methoxy groups -OCH3 is 1. The summed E-state index contributed by atoms with van der Waals surface area (Å²) >= 11 is 0. The smallest absolute Gasteiger partial charge is 0.225 e. The summed E-state index contributed by atoms with van der Waals surface area (Å²) in [5.74, 6) is 1.93. The molecule has 1 heterocycles. The molecular formula is C21H23N5O2. The summed E-state index contributed by atoms with van der Waals surface area (Å²) in [4.78, 5) is 20.1. The van der Waals surface area contributed by atoms with Crippen LogP contribution in [-0.2, 0) is 11.3 Å².